The van der Waals surface area contributed by atoms with Crippen molar-refractivity contribution < 1.29 is 14.3 Å². The molecule has 2 amide bonds. The van der Waals surface area contributed by atoms with Crippen molar-refractivity contribution in [1.82, 2.24) is 20.2 Å². The number of likely N-dealkylation sites (tertiary alicyclic amines) is 1. The van der Waals surface area contributed by atoms with E-state index in [0.29, 0.717) is 12.8 Å². The Morgan fingerprint density at radius 2 is 2.09 bits per heavy atom. The number of rotatable bonds is 3. The minimum Gasteiger partial charge on any atom is -0.483 e. The number of carbonyl (C=O) groups excluding carboxylic acids is 2. The molecule has 7 heteroatoms. The fourth-order valence-electron chi connectivity index (χ4n) is 5.21. The average Bonchev–Trinajstić information content (AvgIpc) is 3.23. The van der Waals surface area contributed by atoms with Crippen LogP contribution in [0.15, 0.2) is 54.6 Å². The largest absolute Gasteiger partial charge is 0.483 e. The lowest BCUT2D eigenvalue weighted by molar-refractivity contribution is -0.137. The lowest BCUT2D eigenvalue weighted by Crippen LogP contribution is -2.57. The molecule has 1 saturated heterocycles. The molecule has 0 unspecified atom stereocenters. The van der Waals surface area contributed by atoms with E-state index >= 15 is 0 Å². The number of aryl methyl sites for hydroxylation is 2. The summed E-state index contributed by atoms with van der Waals surface area (Å²) in [6.07, 6.45) is 8.59. The zero-order valence-corrected chi connectivity index (χ0v) is 20.1. The third-order valence-corrected chi connectivity index (χ3v) is 6.95. The lowest BCUT2D eigenvalue weighted by atomic mass is 9.92. The van der Waals surface area contributed by atoms with Crippen LogP contribution < -0.4 is 10.1 Å². The molecule has 0 spiro atoms. The number of nitrogens with zero attached hydrogens (tertiary/aromatic N) is 2. The number of piperidine rings is 1. The molecular formula is C28H32N4O3. The third-order valence-electron chi connectivity index (χ3n) is 6.95. The second kappa shape index (κ2) is 10.3. The Hall–Kier alpha value is -3.61. The van der Waals surface area contributed by atoms with Gasteiger partial charge in [0.05, 0.1) is 17.1 Å². The van der Waals surface area contributed by atoms with Gasteiger partial charge in [0.2, 0.25) is 5.91 Å². The van der Waals surface area contributed by atoms with Gasteiger partial charge in [-0.2, -0.15) is 0 Å². The number of imidazole rings is 1. The molecule has 2 aliphatic heterocycles. The van der Waals surface area contributed by atoms with Gasteiger partial charge in [0, 0.05) is 19.0 Å². The number of allylic oxidation sites excluding steroid dienone is 1. The van der Waals surface area contributed by atoms with Gasteiger partial charge in [0.25, 0.3) is 5.91 Å². The number of aromatic nitrogens is 2. The fraction of sp³-hybridized carbons (Fsp3) is 0.393. The zero-order valence-electron chi connectivity index (χ0n) is 20.1. The van der Waals surface area contributed by atoms with Crippen LogP contribution in [0.4, 0.5) is 0 Å². The number of fused-ring (bicyclic) bond motifs is 3. The number of amides is 2. The third kappa shape index (κ3) is 5.39. The van der Waals surface area contributed by atoms with E-state index < -0.39 is 0 Å². The molecule has 182 valence electrons. The van der Waals surface area contributed by atoms with E-state index in [-0.39, 0.29) is 30.5 Å². The summed E-state index contributed by atoms with van der Waals surface area (Å²) in [5, 5.41) is 3.15. The van der Waals surface area contributed by atoms with Crippen molar-refractivity contribution in [3.8, 4) is 5.75 Å². The van der Waals surface area contributed by atoms with Crippen LogP contribution in [0.3, 0.4) is 0 Å². The van der Waals surface area contributed by atoms with Crippen LogP contribution in [0.2, 0.25) is 0 Å². The Labute approximate surface area is 205 Å². The van der Waals surface area contributed by atoms with Gasteiger partial charge in [-0.05, 0) is 68.4 Å². The molecule has 2 N–H and O–H groups in total. The summed E-state index contributed by atoms with van der Waals surface area (Å²) in [5.74, 6) is 1.63. The summed E-state index contributed by atoms with van der Waals surface area (Å²) < 4.78 is 5.81. The highest BCUT2D eigenvalue weighted by atomic mass is 16.5. The van der Waals surface area contributed by atoms with Gasteiger partial charge in [0.1, 0.15) is 11.6 Å². The van der Waals surface area contributed by atoms with Crippen LogP contribution in [-0.4, -0.2) is 51.9 Å². The highest BCUT2D eigenvalue weighted by Gasteiger charge is 2.34. The number of hydrogen-bond acceptors (Lipinski definition) is 4. The SMILES string of the molecule is Cc1nc2ccc(CCC(=O)N3CCC[C@H]4NC(=O)COc5ccccc5C/C=C/C[C@H]43)cc2[nH]1. The summed E-state index contributed by atoms with van der Waals surface area (Å²) in [4.78, 5) is 35.8. The Kier molecular flexibility index (Phi) is 6.84. The van der Waals surface area contributed by atoms with Gasteiger partial charge >= 0.3 is 0 Å². The summed E-state index contributed by atoms with van der Waals surface area (Å²) >= 11 is 0. The second-order valence-electron chi connectivity index (χ2n) is 9.45. The summed E-state index contributed by atoms with van der Waals surface area (Å²) in [7, 11) is 0. The topological polar surface area (TPSA) is 87.3 Å². The number of nitrogens with one attached hydrogen (secondary N) is 2. The molecule has 5 rings (SSSR count). The van der Waals surface area contributed by atoms with Crippen LogP contribution in [0, 0.1) is 6.92 Å². The minimum absolute atomic E-state index is 0.0204. The van der Waals surface area contributed by atoms with Crippen molar-refractivity contribution in [2.24, 2.45) is 0 Å². The molecule has 35 heavy (non-hydrogen) atoms. The Morgan fingerprint density at radius 1 is 1.20 bits per heavy atom. The summed E-state index contributed by atoms with van der Waals surface area (Å²) in [6, 6.07) is 13.8. The number of hydrogen-bond donors (Lipinski definition) is 2. The van der Waals surface area contributed by atoms with Crippen molar-refractivity contribution in [1.29, 1.82) is 0 Å². The molecule has 2 atom stereocenters. The fourth-order valence-corrected chi connectivity index (χ4v) is 5.21. The van der Waals surface area contributed by atoms with Gasteiger partial charge in [-0.25, -0.2) is 4.98 Å². The predicted molar refractivity (Wildman–Crippen MR) is 135 cm³/mol. The van der Waals surface area contributed by atoms with Crippen molar-refractivity contribution in [3.63, 3.8) is 0 Å². The van der Waals surface area contributed by atoms with Gasteiger partial charge in [-0.3, -0.25) is 9.59 Å². The molecule has 0 bridgehead atoms. The van der Waals surface area contributed by atoms with E-state index in [1.165, 1.54) is 0 Å². The number of aromatic amines is 1. The normalized spacial score (nSPS) is 21.6. The van der Waals surface area contributed by atoms with E-state index in [0.717, 1.165) is 66.0 Å². The molecule has 7 nitrogen and oxygen atoms in total. The number of H-pyrrole nitrogens is 1. The highest BCUT2D eigenvalue weighted by molar-refractivity contribution is 5.80. The molecule has 1 aromatic heterocycles. The number of para-hydroxylation sites is 1. The Balaban J connectivity index is 1.29. The van der Waals surface area contributed by atoms with Crippen molar-refractivity contribution in [3.05, 3.63) is 71.6 Å². The van der Waals surface area contributed by atoms with Crippen LogP contribution in [0.5, 0.6) is 5.75 Å². The van der Waals surface area contributed by atoms with Crippen LogP contribution >= 0.6 is 0 Å². The molecule has 2 aliphatic rings. The first-order valence-electron chi connectivity index (χ1n) is 12.5. The first-order valence-corrected chi connectivity index (χ1v) is 12.5. The van der Waals surface area contributed by atoms with Crippen LogP contribution in [-0.2, 0) is 22.4 Å². The van der Waals surface area contributed by atoms with E-state index in [1.807, 2.05) is 48.2 Å². The maximum Gasteiger partial charge on any atom is 0.258 e. The first kappa shape index (κ1) is 23.1. The predicted octanol–water partition coefficient (Wildman–Crippen LogP) is 3.86. The van der Waals surface area contributed by atoms with E-state index in [9.17, 15) is 9.59 Å². The van der Waals surface area contributed by atoms with Gasteiger partial charge < -0.3 is 19.9 Å². The monoisotopic (exact) mass is 472 g/mol. The van der Waals surface area contributed by atoms with Crippen molar-refractivity contribution in [2.45, 2.75) is 57.5 Å². The van der Waals surface area contributed by atoms with Crippen LogP contribution in [0.1, 0.15) is 42.6 Å². The maximum atomic E-state index is 13.4. The molecule has 3 aromatic rings. The Bertz CT molecular complexity index is 1250. The number of ether oxygens (including phenoxy) is 1. The standard InChI is InChI=1S/C28H32N4O3/c1-19-29-22-14-12-20(17-24(22)30-19)13-15-28(34)32-16-6-9-23-25(32)10-4-2-7-21-8-3-5-11-26(21)35-18-27(33)31-23/h2-5,8,11-12,14,17,23,25H,6-7,9-10,13,15-16,18H2,1H3,(H,29,30)(H,31,33)/b4-2+/t23-,25-/m1/s1. The summed E-state index contributed by atoms with van der Waals surface area (Å²) in [5.41, 5.74) is 4.11. The van der Waals surface area contributed by atoms with Crippen molar-refractivity contribution in [2.75, 3.05) is 13.2 Å². The van der Waals surface area contributed by atoms with Crippen LogP contribution in [0.25, 0.3) is 11.0 Å². The molecule has 3 heterocycles. The van der Waals surface area contributed by atoms with Crippen molar-refractivity contribution >= 4 is 22.8 Å². The second-order valence-corrected chi connectivity index (χ2v) is 9.45. The molecule has 0 aliphatic carbocycles. The van der Waals surface area contributed by atoms with E-state index in [1.54, 1.807) is 0 Å². The molecule has 0 saturated carbocycles. The van der Waals surface area contributed by atoms with E-state index in [4.69, 9.17) is 4.74 Å². The van der Waals surface area contributed by atoms with E-state index in [2.05, 4.69) is 33.5 Å². The maximum absolute atomic E-state index is 13.4. The van der Waals surface area contributed by atoms with Gasteiger partial charge in [-0.1, -0.05) is 36.4 Å². The summed E-state index contributed by atoms with van der Waals surface area (Å²) in [6.45, 7) is 2.65. The molecule has 2 aromatic carbocycles. The zero-order chi connectivity index (χ0) is 24.2. The number of carbonyl (C=O) groups is 2. The van der Waals surface area contributed by atoms with Gasteiger partial charge in [0.15, 0.2) is 6.61 Å². The average molecular weight is 473 g/mol. The molecule has 1 fully saturated rings. The minimum atomic E-state index is -0.142. The quantitative estimate of drug-likeness (QED) is 0.567. The lowest BCUT2D eigenvalue weighted by Gasteiger charge is -2.41. The number of benzene rings is 2. The highest BCUT2D eigenvalue weighted by Crippen LogP contribution is 2.25. The van der Waals surface area contributed by atoms with Gasteiger partial charge in [-0.15, -0.1) is 0 Å². The molecular weight excluding hydrogens is 440 g/mol. The Morgan fingerprint density at radius 3 is 3.00 bits per heavy atom. The first-order chi connectivity index (χ1) is 17.1. The smallest absolute Gasteiger partial charge is 0.258 e. The molecule has 0 radical (unpaired) electrons.